The van der Waals surface area contributed by atoms with E-state index in [9.17, 15) is 18.8 Å². The number of aliphatic carboxylic acids is 1. The van der Waals surface area contributed by atoms with E-state index in [1.54, 1.807) is 0 Å². The fourth-order valence-electron chi connectivity index (χ4n) is 3.09. The zero-order chi connectivity index (χ0) is 19.6. The number of halogens is 1. The molecule has 7 nitrogen and oxygen atoms in total. The van der Waals surface area contributed by atoms with Gasteiger partial charge in [-0.3, -0.25) is 9.59 Å². The number of carboxylic acid groups (broad SMARTS) is 1. The number of anilines is 1. The summed E-state index contributed by atoms with van der Waals surface area (Å²) in [6.07, 6.45) is 5.77. The van der Waals surface area contributed by atoms with Crippen molar-refractivity contribution in [1.29, 1.82) is 0 Å². The molecule has 4 N–H and O–H groups in total. The Kier molecular flexibility index (Phi) is 8.03. The Hall–Kier alpha value is -2.64. The maximum Gasteiger partial charge on any atom is 0.315 e. The molecular weight excluding hydrogens is 353 g/mol. The van der Waals surface area contributed by atoms with Crippen molar-refractivity contribution in [3.8, 4) is 0 Å². The maximum atomic E-state index is 13.8. The van der Waals surface area contributed by atoms with Gasteiger partial charge in [-0.15, -0.1) is 0 Å². The van der Waals surface area contributed by atoms with Crippen LogP contribution < -0.4 is 16.0 Å². The number of hydrogen-bond donors (Lipinski definition) is 4. The number of hydrogen-bond acceptors (Lipinski definition) is 3. The molecule has 2 rings (SSSR count). The Morgan fingerprint density at radius 1 is 1.15 bits per heavy atom. The summed E-state index contributed by atoms with van der Waals surface area (Å²) in [5.74, 6) is -2.09. The summed E-state index contributed by atoms with van der Waals surface area (Å²) in [6, 6.07) is 3.94. The van der Waals surface area contributed by atoms with E-state index in [2.05, 4.69) is 16.0 Å². The quantitative estimate of drug-likeness (QED) is 0.521. The normalized spacial score (nSPS) is 14.4. The Labute approximate surface area is 157 Å². The van der Waals surface area contributed by atoms with Crippen molar-refractivity contribution in [2.45, 2.75) is 57.4 Å². The predicted octanol–water partition coefficient (Wildman–Crippen LogP) is 2.80. The molecular formula is C19H26FN3O4. The van der Waals surface area contributed by atoms with Gasteiger partial charge in [-0.25, -0.2) is 9.18 Å². The molecule has 1 aliphatic rings. The standard InChI is InChI=1S/C19H26FN3O4/c20-16-12-15(9-8-13(16)11-18(25)26)22-17(24)7-4-10-21-19(27)23-14-5-2-1-3-6-14/h8-9,12,14H,1-7,10-11H2,(H,22,24)(H,25,26)(H2,21,23,27). The van der Waals surface area contributed by atoms with Gasteiger partial charge in [0.05, 0.1) is 6.42 Å². The summed E-state index contributed by atoms with van der Waals surface area (Å²) in [4.78, 5) is 34.3. The predicted molar refractivity (Wildman–Crippen MR) is 99.0 cm³/mol. The first-order chi connectivity index (χ1) is 12.9. The highest BCUT2D eigenvalue weighted by Crippen LogP contribution is 2.17. The number of benzene rings is 1. The Morgan fingerprint density at radius 2 is 1.89 bits per heavy atom. The lowest BCUT2D eigenvalue weighted by molar-refractivity contribution is -0.136. The first-order valence-corrected chi connectivity index (χ1v) is 9.28. The van der Waals surface area contributed by atoms with Crippen LogP contribution >= 0.6 is 0 Å². The van der Waals surface area contributed by atoms with Crippen LogP contribution in [0.1, 0.15) is 50.5 Å². The highest BCUT2D eigenvalue weighted by atomic mass is 19.1. The molecule has 1 saturated carbocycles. The van der Waals surface area contributed by atoms with Gasteiger partial charge in [0.15, 0.2) is 0 Å². The Morgan fingerprint density at radius 3 is 2.56 bits per heavy atom. The van der Waals surface area contributed by atoms with E-state index in [-0.39, 0.29) is 35.7 Å². The van der Waals surface area contributed by atoms with Gasteiger partial charge in [0.2, 0.25) is 5.91 Å². The number of carboxylic acids is 1. The smallest absolute Gasteiger partial charge is 0.315 e. The molecule has 0 spiro atoms. The van der Waals surface area contributed by atoms with Crippen molar-refractivity contribution in [1.82, 2.24) is 10.6 Å². The molecule has 0 atom stereocenters. The fourth-order valence-corrected chi connectivity index (χ4v) is 3.09. The Bertz CT molecular complexity index is 675. The van der Waals surface area contributed by atoms with Gasteiger partial charge < -0.3 is 21.1 Å². The lowest BCUT2D eigenvalue weighted by Gasteiger charge is -2.22. The molecule has 3 amide bonds. The molecule has 0 radical (unpaired) electrons. The third kappa shape index (κ3) is 7.64. The number of urea groups is 1. The molecule has 1 aliphatic carbocycles. The first kappa shape index (κ1) is 20.7. The summed E-state index contributed by atoms with van der Waals surface area (Å²) in [7, 11) is 0. The van der Waals surface area contributed by atoms with E-state index in [4.69, 9.17) is 5.11 Å². The van der Waals surface area contributed by atoms with Crippen molar-refractivity contribution in [3.05, 3.63) is 29.6 Å². The van der Waals surface area contributed by atoms with Gasteiger partial charge in [0, 0.05) is 24.7 Å². The van der Waals surface area contributed by atoms with Crippen molar-refractivity contribution >= 4 is 23.6 Å². The molecule has 0 saturated heterocycles. The van der Waals surface area contributed by atoms with E-state index < -0.39 is 18.2 Å². The van der Waals surface area contributed by atoms with Crippen molar-refractivity contribution in [2.24, 2.45) is 0 Å². The summed E-state index contributed by atoms with van der Waals surface area (Å²) in [6.45, 7) is 0.373. The van der Waals surface area contributed by atoms with Gasteiger partial charge in [-0.2, -0.15) is 0 Å². The minimum absolute atomic E-state index is 0.0636. The topological polar surface area (TPSA) is 108 Å². The molecule has 0 unspecified atom stereocenters. The van der Waals surface area contributed by atoms with Crippen LogP contribution in [0.5, 0.6) is 0 Å². The highest BCUT2D eigenvalue weighted by molar-refractivity contribution is 5.90. The second-order valence-electron chi connectivity index (χ2n) is 6.76. The van der Waals surface area contributed by atoms with Crippen molar-refractivity contribution < 1.29 is 23.9 Å². The van der Waals surface area contributed by atoms with Gasteiger partial charge in [0.1, 0.15) is 5.82 Å². The highest BCUT2D eigenvalue weighted by Gasteiger charge is 2.15. The summed E-state index contributed by atoms with van der Waals surface area (Å²) in [5, 5.41) is 16.9. The number of carbonyl (C=O) groups is 3. The Balaban J connectivity index is 1.65. The molecule has 27 heavy (non-hydrogen) atoms. The zero-order valence-electron chi connectivity index (χ0n) is 15.2. The van der Waals surface area contributed by atoms with Crippen LogP contribution in [0.25, 0.3) is 0 Å². The van der Waals surface area contributed by atoms with Crippen LogP contribution in [0.2, 0.25) is 0 Å². The molecule has 0 bridgehead atoms. The molecule has 8 heteroatoms. The number of amides is 3. The van der Waals surface area contributed by atoms with Crippen LogP contribution in [0.3, 0.4) is 0 Å². The van der Waals surface area contributed by atoms with Gasteiger partial charge >= 0.3 is 12.0 Å². The average Bonchev–Trinajstić information content (AvgIpc) is 2.62. The summed E-state index contributed by atoms with van der Waals surface area (Å²) in [5.41, 5.74) is 0.336. The van der Waals surface area contributed by atoms with E-state index in [0.717, 1.165) is 31.7 Å². The first-order valence-electron chi connectivity index (χ1n) is 9.28. The summed E-state index contributed by atoms with van der Waals surface area (Å²) < 4.78 is 13.8. The van der Waals surface area contributed by atoms with Crippen molar-refractivity contribution in [2.75, 3.05) is 11.9 Å². The second-order valence-corrected chi connectivity index (χ2v) is 6.76. The largest absolute Gasteiger partial charge is 0.481 e. The van der Waals surface area contributed by atoms with Crippen molar-refractivity contribution in [3.63, 3.8) is 0 Å². The molecule has 0 aromatic heterocycles. The molecule has 1 fully saturated rings. The number of rotatable bonds is 8. The molecule has 0 aliphatic heterocycles. The monoisotopic (exact) mass is 379 g/mol. The third-order valence-electron chi connectivity index (χ3n) is 4.49. The average molecular weight is 379 g/mol. The number of nitrogens with one attached hydrogen (secondary N) is 3. The van der Waals surface area contributed by atoms with Crippen LogP contribution in [-0.2, 0) is 16.0 Å². The van der Waals surface area contributed by atoms with E-state index in [1.165, 1.54) is 18.6 Å². The van der Waals surface area contributed by atoms with E-state index >= 15 is 0 Å². The third-order valence-corrected chi connectivity index (χ3v) is 4.49. The molecule has 1 aromatic carbocycles. The fraction of sp³-hybridized carbons (Fsp3) is 0.526. The van der Waals surface area contributed by atoms with Gasteiger partial charge in [-0.1, -0.05) is 25.3 Å². The summed E-state index contributed by atoms with van der Waals surface area (Å²) >= 11 is 0. The van der Waals surface area contributed by atoms with E-state index in [0.29, 0.717) is 13.0 Å². The van der Waals surface area contributed by atoms with Crippen LogP contribution in [0.15, 0.2) is 18.2 Å². The van der Waals surface area contributed by atoms with Crippen LogP contribution in [-0.4, -0.2) is 35.6 Å². The van der Waals surface area contributed by atoms with Gasteiger partial charge in [-0.05, 0) is 37.0 Å². The minimum Gasteiger partial charge on any atom is -0.481 e. The van der Waals surface area contributed by atoms with Gasteiger partial charge in [0.25, 0.3) is 0 Å². The minimum atomic E-state index is -1.12. The molecule has 1 aromatic rings. The molecule has 148 valence electrons. The SMILES string of the molecule is O=C(O)Cc1ccc(NC(=O)CCCNC(=O)NC2CCCCC2)cc1F. The number of carbonyl (C=O) groups excluding carboxylic acids is 2. The zero-order valence-corrected chi connectivity index (χ0v) is 15.2. The molecule has 0 heterocycles. The van der Waals surface area contributed by atoms with Crippen LogP contribution in [0, 0.1) is 5.82 Å². The van der Waals surface area contributed by atoms with E-state index in [1.807, 2.05) is 0 Å². The lowest BCUT2D eigenvalue weighted by Crippen LogP contribution is -2.43. The lowest BCUT2D eigenvalue weighted by atomic mass is 9.96. The van der Waals surface area contributed by atoms with Crippen LogP contribution in [0.4, 0.5) is 14.9 Å². The second kappa shape index (κ2) is 10.5. The maximum absolute atomic E-state index is 13.8.